The standard InChI is InChI=1S/C23H24N2O3/c1-15-21(17(3)26)16(2)25-22(15)23(27)24-13-19-10-7-11-20(12-19)28-14-18-8-5-4-6-9-18/h4-12,25H,13-14H2,1-3H3,(H,24,27). The Morgan fingerprint density at radius 2 is 1.71 bits per heavy atom. The SMILES string of the molecule is CC(=O)c1c(C)[nH]c(C(=O)NCc2cccc(OCc3ccccc3)c2)c1C. The lowest BCUT2D eigenvalue weighted by Crippen LogP contribution is -2.24. The fourth-order valence-corrected chi connectivity index (χ4v) is 3.26. The second kappa shape index (κ2) is 8.57. The monoisotopic (exact) mass is 376 g/mol. The molecule has 0 bridgehead atoms. The van der Waals surface area contributed by atoms with E-state index in [1.807, 2.05) is 54.6 Å². The number of hydrogen-bond acceptors (Lipinski definition) is 3. The van der Waals surface area contributed by atoms with Gasteiger partial charge in [0.25, 0.3) is 5.91 Å². The third-order valence-electron chi connectivity index (χ3n) is 4.62. The van der Waals surface area contributed by atoms with Gasteiger partial charge in [0.15, 0.2) is 5.78 Å². The molecular formula is C23H24N2O3. The first-order valence-corrected chi connectivity index (χ1v) is 9.19. The van der Waals surface area contributed by atoms with Gasteiger partial charge in [-0.15, -0.1) is 0 Å². The van der Waals surface area contributed by atoms with Gasteiger partial charge in [0, 0.05) is 17.8 Å². The number of benzene rings is 2. The maximum Gasteiger partial charge on any atom is 0.268 e. The Bertz CT molecular complexity index is 990. The van der Waals surface area contributed by atoms with E-state index in [1.54, 1.807) is 13.8 Å². The van der Waals surface area contributed by atoms with Crippen molar-refractivity contribution in [2.45, 2.75) is 33.9 Å². The minimum atomic E-state index is -0.233. The summed E-state index contributed by atoms with van der Waals surface area (Å²) in [6.07, 6.45) is 0. The predicted molar refractivity (Wildman–Crippen MR) is 109 cm³/mol. The lowest BCUT2D eigenvalue weighted by molar-refractivity contribution is 0.0945. The summed E-state index contributed by atoms with van der Waals surface area (Å²) in [5.74, 6) is 0.471. The number of rotatable bonds is 7. The van der Waals surface area contributed by atoms with Crippen LogP contribution in [0.5, 0.6) is 5.75 Å². The number of nitrogens with one attached hydrogen (secondary N) is 2. The average Bonchev–Trinajstić information content (AvgIpc) is 3.00. The van der Waals surface area contributed by atoms with E-state index in [-0.39, 0.29) is 11.7 Å². The predicted octanol–water partition coefficient (Wildman–Crippen LogP) is 4.34. The highest BCUT2D eigenvalue weighted by Crippen LogP contribution is 2.19. The highest BCUT2D eigenvalue weighted by atomic mass is 16.5. The number of aromatic amines is 1. The lowest BCUT2D eigenvalue weighted by Gasteiger charge is -2.09. The molecule has 0 atom stereocenters. The van der Waals surface area contributed by atoms with Gasteiger partial charge in [-0.25, -0.2) is 0 Å². The van der Waals surface area contributed by atoms with Crippen LogP contribution >= 0.6 is 0 Å². The molecular weight excluding hydrogens is 352 g/mol. The molecule has 0 saturated heterocycles. The summed E-state index contributed by atoms with van der Waals surface area (Å²) < 4.78 is 5.83. The van der Waals surface area contributed by atoms with E-state index < -0.39 is 0 Å². The van der Waals surface area contributed by atoms with Gasteiger partial charge in [0.1, 0.15) is 18.1 Å². The summed E-state index contributed by atoms with van der Waals surface area (Å²) in [4.78, 5) is 27.3. The number of aryl methyl sites for hydroxylation is 1. The smallest absolute Gasteiger partial charge is 0.268 e. The molecule has 1 heterocycles. The van der Waals surface area contributed by atoms with Crippen molar-refractivity contribution in [3.8, 4) is 5.75 Å². The van der Waals surface area contributed by atoms with Crippen LogP contribution in [0.25, 0.3) is 0 Å². The van der Waals surface area contributed by atoms with E-state index in [0.717, 1.165) is 16.9 Å². The summed E-state index contributed by atoms with van der Waals surface area (Å²) in [6, 6.07) is 17.6. The van der Waals surface area contributed by atoms with Crippen LogP contribution in [0.3, 0.4) is 0 Å². The Morgan fingerprint density at radius 3 is 2.39 bits per heavy atom. The molecule has 0 unspecified atom stereocenters. The Hall–Kier alpha value is -3.34. The average molecular weight is 376 g/mol. The van der Waals surface area contributed by atoms with Gasteiger partial charge < -0.3 is 15.0 Å². The highest BCUT2D eigenvalue weighted by molar-refractivity contribution is 6.02. The zero-order valence-corrected chi connectivity index (χ0v) is 16.3. The molecule has 0 fully saturated rings. The quantitative estimate of drug-likeness (QED) is 0.603. The fraction of sp³-hybridized carbons (Fsp3) is 0.217. The van der Waals surface area contributed by atoms with Gasteiger partial charge in [-0.3, -0.25) is 9.59 Å². The number of aromatic nitrogens is 1. The van der Waals surface area contributed by atoms with Crippen LogP contribution in [0, 0.1) is 13.8 Å². The summed E-state index contributed by atoms with van der Waals surface area (Å²) in [5, 5.41) is 2.90. The molecule has 1 aromatic heterocycles. The van der Waals surface area contributed by atoms with Crippen molar-refractivity contribution < 1.29 is 14.3 Å². The van der Waals surface area contributed by atoms with E-state index >= 15 is 0 Å². The highest BCUT2D eigenvalue weighted by Gasteiger charge is 2.19. The number of hydrogen-bond donors (Lipinski definition) is 2. The number of carbonyl (C=O) groups excluding carboxylic acids is 2. The number of carbonyl (C=O) groups is 2. The van der Waals surface area contributed by atoms with Crippen LogP contribution in [-0.2, 0) is 13.2 Å². The summed E-state index contributed by atoms with van der Waals surface area (Å²) in [6.45, 7) is 5.95. The number of ether oxygens (including phenoxy) is 1. The molecule has 1 amide bonds. The van der Waals surface area contributed by atoms with E-state index in [1.165, 1.54) is 6.92 Å². The third-order valence-corrected chi connectivity index (χ3v) is 4.62. The van der Waals surface area contributed by atoms with Crippen molar-refractivity contribution >= 4 is 11.7 Å². The lowest BCUT2D eigenvalue weighted by atomic mass is 10.1. The maximum absolute atomic E-state index is 12.5. The number of amides is 1. The van der Waals surface area contributed by atoms with Crippen molar-refractivity contribution in [3.05, 3.63) is 88.2 Å². The van der Waals surface area contributed by atoms with Crippen LogP contribution in [0.4, 0.5) is 0 Å². The first-order valence-electron chi connectivity index (χ1n) is 9.19. The maximum atomic E-state index is 12.5. The van der Waals surface area contributed by atoms with Crippen molar-refractivity contribution in [1.29, 1.82) is 0 Å². The first-order chi connectivity index (χ1) is 13.5. The molecule has 3 aromatic rings. The first kappa shape index (κ1) is 19.4. The molecule has 28 heavy (non-hydrogen) atoms. The van der Waals surface area contributed by atoms with Gasteiger partial charge in [0.05, 0.1) is 0 Å². The Labute approximate surface area is 164 Å². The van der Waals surface area contributed by atoms with Crippen molar-refractivity contribution in [2.24, 2.45) is 0 Å². The minimum absolute atomic E-state index is 0.0476. The van der Waals surface area contributed by atoms with Gasteiger partial charge in [-0.05, 0) is 49.6 Å². The molecule has 2 aromatic carbocycles. The molecule has 0 aliphatic rings. The van der Waals surface area contributed by atoms with E-state index in [9.17, 15) is 9.59 Å². The minimum Gasteiger partial charge on any atom is -0.489 e. The van der Waals surface area contributed by atoms with E-state index in [4.69, 9.17) is 4.74 Å². The van der Waals surface area contributed by atoms with Crippen LogP contribution in [0.2, 0.25) is 0 Å². The molecule has 3 rings (SSSR count). The topological polar surface area (TPSA) is 71.2 Å². The zero-order valence-electron chi connectivity index (χ0n) is 16.3. The van der Waals surface area contributed by atoms with E-state index in [2.05, 4.69) is 10.3 Å². The number of ketones is 1. The second-order valence-corrected chi connectivity index (χ2v) is 6.79. The van der Waals surface area contributed by atoms with Crippen molar-refractivity contribution in [2.75, 3.05) is 0 Å². The summed E-state index contributed by atoms with van der Waals surface area (Å²) >= 11 is 0. The normalized spacial score (nSPS) is 10.5. The van der Waals surface area contributed by atoms with Crippen LogP contribution < -0.4 is 10.1 Å². The molecule has 5 nitrogen and oxygen atoms in total. The Kier molecular flexibility index (Phi) is 5.94. The molecule has 0 spiro atoms. The van der Waals surface area contributed by atoms with Gasteiger partial charge in [0.2, 0.25) is 0 Å². The molecule has 144 valence electrons. The molecule has 5 heteroatoms. The number of H-pyrrole nitrogens is 1. The second-order valence-electron chi connectivity index (χ2n) is 6.79. The van der Waals surface area contributed by atoms with Crippen molar-refractivity contribution in [1.82, 2.24) is 10.3 Å². The third kappa shape index (κ3) is 4.49. The van der Waals surface area contributed by atoms with Gasteiger partial charge in [-0.1, -0.05) is 42.5 Å². The number of Topliss-reactive ketones (excluding diaryl/α,β-unsaturated/α-hetero) is 1. The van der Waals surface area contributed by atoms with Crippen LogP contribution in [0.1, 0.15) is 50.2 Å². The fourth-order valence-electron chi connectivity index (χ4n) is 3.26. The van der Waals surface area contributed by atoms with E-state index in [0.29, 0.717) is 35.7 Å². The molecule has 0 aliphatic heterocycles. The summed E-state index contributed by atoms with van der Waals surface area (Å²) in [7, 11) is 0. The van der Waals surface area contributed by atoms with Gasteiger partial charge in [-0.2, -0.15) is 0 Å². The van der Waals surface area contributed by atoms with Gasteiger partial charge >= 0.3 is 0 Å². The molecule has 0 radical (unpaired) electrons. The summed E-state index contributed by atoms with van der Waals surface area (Å²) in [5.41, 5.74) is 4.45. The largest absolute Gasteiger partial charge is 0.489 e. The van der Waals surface area contributed by atoms with Crippen LogP contribution in [0.15, 0.2) is 54.6 Å². The zero-order chi connectivity index (χ0) is 20.1. The molecule has 2 N–H and O–H groups in total. The molecule has 0 saturated carbocycles. The molecule has 0 aliphatic carbocycles. The van der Waals surface area contributed by atoms with Crippen molar-refractivity contribution in [3.63, 3.8) is 0 Å². The Morgan fingerprint density at radius 1 is 1.00 bits per heavy atom. The Balaban J connectivity index is 1.62. The van der Waals surface area contributed by atoms with Crippen LogP contribution in [-0.4, -0.2) is 16.7 Å².